The van der Waals surface area contributed by atoms with Gasteiger partial charge in [0.2, 0.25) is 0 Å². The molecule has 5 nitrogen and oxygen atoms in total. The summed E-state index contributed by atoms with van der Waals surface area (Å²) in [7, 11) is 1.63. The average Bonchev–Trinajstić information content (AvgIpc) is 2.76. The van der Waals surface area contributed by atoms with Gasteiger partial charge in [-0.1, -0.05) is 66.8 Å². The minimum atomic E-state index is -0.871. The second kappa shape index (κ2) is 13.4. The van der Waals surface area contributed by atoms with E-state index in [0.29, 0.717) is 38.4 Å². The maximum atomic E-state index is 11.8. The highest BCUT2D eigenvalue weighted by Crippen LogP contribution is 2.25. The van der Waals surface area contributed by atoms with Crippen LogP contribution in [-0.2, 0) is 27.5 Å². The number of ether oxygens (including phenoxy) is 3. The number of benzene rings is 2. The fourth-order valence-corrected chi connectivity index (χ4v) is 3.31. The first-order valence-corrected chi connectivity index (χ1v) is 10.4. The highest BCUT2D eigenvalue weighted by Gasteiger charge is 2.26. The molecule has 0 aromatic heterocycles. The highest BCUT2D eigenvalue weighted by molar-refractivity contribution is 5.74. The van der Waals surface area contributed by atoms with Crippen molar-refractivity contribution in [3.63, 3.8) is 0 Å². The lowest BCUT2D eigenvalue weighted by Crippen LogP contribution is -2.24. The largest absolute Gasteiger partial charge is 0.497 e. The Morgan fingerprint density at radius 3 is 2.29 bits per heavy atom. The average molecular weight is 425 g/mol. The molecular formula is C26H32O5. The summed E-state index contributed by atoms with van der Waals surface area (Å²) in [5.41, 5.74) is 2.77. The molecule has 0 saturated heterocycles. The van der Waals surface area contributed by atoms with Crippen LogP contribution >= 0.6 is 0 Å². The van der Waals surface area contributed by atoms with Crippen molar-refractivity contribution >= 4 is 5.97 Å². The number of carboxylic acids is 1. The first-order chi connectivity index (χ1) is 15.0. The Balaban J connectivity index is 1.86. The number of rotatable bonds is 14. The minimum Gasteiger partial charge on any atom is -0.497 e. The second-order valence-electron chi connectivity index (χ2n) is 7.44. The molecule has 5 heteroatoms. The van der Waals surface area contributed by atoms with Crippen LogP contribution in [0.3, 0.4) is 0 Å². The Morgan fingerprint density at radius 1 is 1.03 bits per heavy atom. The van der Waals surface area contributed by atoms with Crippen LogP contribution in [0, 0.1) is 11.8 Å². The molecule has 0 aliphatic carbocycles. The van der Waals surface area contributed by atoms with Crippen LogP contribution in [0.15, 0.2) is 78.9 Å². The van der Waals surface area contributed by atoms with Gasteiger partial charge in [-0.25, -0.2) is 0 Å². The molecule has 1 N–H and O–H groups in total. The van der Waals surface area contributed by atoms with E-state index in [9.17, 15) is 9.90 Å². The predicted octanol–water partition coefficient (Wildman–Crippen LogP) is 5.27. The van der Waals surface area contributed by atoms with Crippen molar-refractivity contribution in [1.82, 2.24) is 0 Å². The fourth-order valence-electron chi connectivity index (χ4n) is 3.31. The molecule has 2 aromatic carbocycles. The number of allylic oxidation sites excluding steroid dienone is 1. The van der Waals surface area contributed by atoms with Gasteiger partial charge in [0.25, 0.3) is 0 Å². The smallest absolute Gasteiger partial charge is 0.311 e. The molecule has 2 rings (SSSR count). The summed E-state index contributed by atoms with van der Waals surface area (Å²) in [6, 6.07) is 17.6. The van der Waals surface area contributed by atoms with Crippen LogP contribution in [0.5, 0.6) is 5.75 Å². The molecule has 2 atom stereocenters. The summed E-state index contributed by atoms with van der Waals surface area (Å²) >= 11 is 0. The topological polar surface area (TPSA) is 65.0 Å². The number of hydrogen-bond acceptors (Lipinski definition) is 4. The monoisotopic (exact) mass is 424 g/mol. The van der Waals surface area contributed by atoms with Crippen LogP contribution in [0.2, 0.25) is 0 Å². The summed E-state index contributed by atoms with van der Waals surface area (Å²) in [4.78, 5) is 11.8. The number of carbonyl (C=O) groups is 1. The van der Waals surface area contributed by atoms with E-state index >= 15 is 0 Å². The minimum absolute atomic E-state index is 0.213. The number of carboxylic acid groups (broad SMARTS) is 1. The molecule has 2 aromatic rings. The Labute approximate surface area is 185 Å². The van der Waals surface area contributed by atoms with Crippen molar-refractivity contribution in [2.45, 2.75) is 26.6 Å². The maximum absolute atomic E-state index is 11.8. The van der Waals surface area contributed by atoms with Crippen molar-refractivity contribution in [3.8, 4) is 5.75 Å². The summed E-state index contributed by atoms with van der Waals surface area (Å²) < 4.78 is 16.6. The normalized spacial score (nSPS) is 13.1. The van der Waals surface area contributed by atoms with Crippen molar-refractivity contribution < 1.29 is 24.1 Å². The quantitative estimate of drug-likeness (QED) is 0.331. The lowest BCUT2D eigenvalue weighted by molar-refractivity contribution is -0.141. The molecule has 0 unspecified atom stereocenters. The van der Waals surface area contributed by atoms with Gasteiger partial charge in [-0.15, -0.1) is 0 Å². The molecule has 0 aliphatic rings. The Kier molecular flexibility index (Phi) is 10.6. The Morgan fingerprint density at radius 2 is 1.68 bits per heavy atom. The molecule has 0 amide bonds. The van der Waals surface area contributed by atoms with E-state index in [4.69, 9.17) is 14.2 Å². The van der Waals surface area contributed by atoms with Gasteiger partial charge in [0.05, 0.1) is 32.8 Å². The molecule has 31 heavy (non-hydrogen) atoms. The van der Waals surface area contributed by atoms with Gasteiger partial charge < -0.3 is 19.3 Å². The van der Waals surface area contributed by atoms with E-state index in [2.05, 4.69) is 6.58 Å². The van der Waals surface area contributed by atoms with Gasteiger partial charge in [-0.2, -0.15) is 0 Å². The van der Waals surface area contributed by atoms with Gasteiger partial charge in [0, 0.05) is 6.61 Å². The van der Waals surface area contributed by atoms with Crippen molar-refractivity contribution in [1.29, 1.82) is 0 Å². The van der Waals surface area contributed by atoms with E-state index in [1.54, 1.807) is 14.0 Å². The lowest BCUT2D eigenvalue weighted by atomic mass is 9.84. The summed E-state index contributed by atoms with van der Waals surface area (Å²) in [5, 5.41) is 9.67. The van der Waals surface area contributed by atoms with Crippen LogP contribution in [-0.4, -0.2) is 31.4 Å². The Hall–Kier alpha value is -2.89. The molecule has 0 aliphatic heterocycles. The third kappa shape index (κ3) is 8.79. The van der Waals surface area contributed by atoms with E-state index in [-0.39, 0.29) is 5.92 Å². The van der Waals surface area contributed by atoms with Crippen molar-refractivity contribution in [2.24, 2.45) is 11.8 Å². The number of hydrogen-bond donors (Lipinski definition) is 1. The lowest BCUT2D eigenvalue weighted by Gasteiger charge is -2.21. The Bertz CT molecular complexity index is 813. The summed E-state index contributed by atoms with van der Waals surface area (Å²) in [6.45, 7) is 7.48. The molecule has 0 spiro atoms. The summed E-state index contributed by atoms with van der Waals surface area (Å²) in [6.07, 6.45) is 4.38. The predicted molar refractivity (Wildman–Crippen MR) is 122 cm³/mol. The van der Waals surface area contributed by atoms with Crippen molar-refractivity contribution in [3.05, 3.63) is 90.0 Å². The maximum Gasteiger partial charge on any atom is 0.311 e. The summed E-state index contributed by atoms with van der Waals surface area (Å²) in [5.74, 6) is -0.932. The first kappa shape index (κ1) is 24.4. The van der Waals surface area contributed by atoms with Gasteiger partial charge in [-0.3, -0.25) is 4.79 Å². The van der Waals surface area contributed by atoms with Crippen molar-refractivity contribution in [2.75, 3.05) is 20.3 Å². The standard InChI is InChI=1S/C26H32O5/c1-20(2)25(26(27)28)23(15-17-31-18-21-8-5-4-6-9-21)10-7-16-30-19-22-11-13-24(29-3)14-12-22/h4-14,23,25H,1,15-19H2,2-3H3,(H,27,28)/b10-7+/t23-,25+/m0/s1. The number of aliphatic carboxylic acids is 1. The molecule has 0 bridgehead atoms. The zero-order chi connectivity index (χ0) is 22.5. The third-order valence-electron chi connectivity index (χ3n) is 4.96. The van der Waals surface area contributed by atoms with Crippen LogP contribution in [0.1, 0.15) is 24.5 Å². The molecule has 0 heterocycles. The SMILES string of the molecule is C=C(C)[C@@H](C(=O)O)[C@@H](/C=C/COCc1ccc(OC)cc1)CCOCc1ccccc1. The third-order valence-corrected chi connectivity index (χ3v) is 4.96. The highest BCUT2D eigenvalue weighted by atomic mass is 16.5. The van der Waals surface area contributed by atoms with Gasteiger partial charge in [0.15, 0.2) is 0 Å². The van der Waals surface area contributed by atoms with Crippen LogP contribution in [0.4, 0.5) is 0 Å². The molecule has 0 saturated carbocycles. The van der Waals surface area contributed by atoms with Crippen LogP contribution in [0.25, 0.3) is 0 Å². The van der Waals surface area contributed by atoms with Gasteiger partial charge >= 0.3 is 5.97 Å². The molecule has 166 valence electrons. The van der Waals surface area contributed by atoms with Gasteiger partial charge in [0.1, 0.15) is 5.75 Å². The van der Waals surface area contributed by atoms with E-state index < -0.39 is 11.9 Å². The fraction of sp³-hybridized carbons (Fsp3) is 0.346. The zero-order valence-electron chi connectivity index (χ0n) is 18.3. The van der Waals surface area contributed by atoms with E-state index in [0.717, 1.165) is 16.9 Å². The van der Waals surface area contributed by atoms with E-state index in [1.807, 2.05) is 66.7 Å². The molecule has 0 radical (unpaired) electrons. The number of methoxy groups -OCH3 is 1. The molecule has 0 fully saturated rings. The molecular weight excluding hydrogens is 392 g/mol. The van der Waals surface area contributed by atoms with Gasteiger partial charge in [-0.05, 0) is 42.5 Å². The van der Waals surface area contributed by atoms with E-state index in [1.165, 1.54) is 0 Å². The second-order valence-corrected chi connectivity index (χ2v) is 7.44. The zero-order valence-corrected chi connectivity index (χ0v) is 18.3. The first-order valence-electron chi connectivity index (χ1n) is 10.4. The van der Waals surface area contributed by atoms with Crippen LogP contribution < -0.4 is 4.74 Å².